The number of aryl methyl sites for hydroxylation is 1. The topological polar surface area (TPSA) is 96.7 Å². The van der Waals surface area contributed by atoms with Crippen LogP contribution in [-0.4, -0.2) is 53.5 Å². The van der Waals surface area contributed by atoms with Gasteiger partial charge in [0.05, 0.1) is 25.9 Å². The van der Waals surface area contributed by atoms with E-state index in [1.165, 1.54) is 17.5 Å². The number of carboxylic acid groups (broad SMARTS) is 1. The molecule has 1 heterocycles. The Morgan fingerprint density at radius 2 is 1.82 bits per heavy atom. The minimum absolute atomic E-state index is 0.00705. The third-order valence-corrected chi connectivity index (χ3v) is 9.66. The maximum Gasteiger partial charge on any atom is 0.317 e. The van der Waals surface area contributed by atoms with Crippen molar-refractivity contribution < 1.29 is 19.4 Å². The summed E-state index contributed by atoms with van der Waals surface area (Å²) in [4.78, 5) is 27.1. The van der Waals surface area contributed by atoms with Crippen molar-refractivity contribution in [3.63, 3.8) is 0 Å². The van der Waals surface area contributed by atoms with Gasteiger partial charge in [-0.05, 0) is 99.1 Å². The Labute approximate surface area is 261 Å². The van der Waals surface area contributed by atoms with Crippen molar-refractivity contribution >= 4 is 17.6 Å². The van der Waals surface area contributed by atoms with Gasteiger partial charge in [-0.2, -0.15) is 5.10 Å². The van der Waals surface area contributed by atoms with Crippen LogP contribution in [0.4, 0.5) is 5.69 Å². The molecule has 8 nitrogen and oxygen atoms in total. The maximum absolute atomic E-state index is 14.1. The van der Waals surface area contributed by atoms with Gasteiger partial charge in [0.2, 0.25) is 5.91 Å². The van der Waals surface area contributed by atoms with Gasteiger partial charge in [0.25, 0.3) is 0 Å². The molecule has 0 spiro atoms. The smallest absolute Gasteiger partial charge is 0.317 e. The first-order chi connectivity index (χ1) is 21.3. The highest BCUT2D eigenvalue weighted by molar-refractivity contribution is 5.95. The highest BCUT2D eigenvalue weighted by atomic mass is 16.5. The summed E-state index contributed by atoms with van der Waals surface area (Å²) in [6, 6.07) is 14.9. The predicted molar refractivity (Wildman–Crippen MR) is 174 cm³/mol. The molecular formula is C36H48N4O4. The zero-order valence-corrected chi connectivity index (χ0v) is 26.5. The molecule has 1 amide bonds. The number of nitrogens with one attached hydrogen (secondary N) is 1. The lowest BCUT2D eigenvalue weighted by Gasteiger charge is -2.35. The summed E-state index contributed by atoms with van der Waals surface area (Å²) in [5.74, 6) is 1.49. The number of carboxylic acids is 1. The summed E-state index contributed by atoms with van der Waals surface area (Å²) in [5.41, 5.74) is 5.56. The fourth-order valence-electron chi connectivity index (χ4n) is 7.05. The molecule has 1 aromatic heterocycles. The van der Waals surface area contributed by atoms with Crippen LogP contribution in [0.25, 0.3) is 11.1 Å². The number of anilines is 1. The molecule has 2 aliphatic rings. The van der Waals surface area contributed by atoms with Crippen LogP contribution in [0.15, 0.2) is 54.9 Å². The van der Waals surface area contributed by atoms with Crippen molar-refractivity contribution in [3.8, 4) is 16.9 Å². The van der Waals surface area contributed by atoms with Crippen LogP contribution in [0.2, 0.25) is 0 Å². The summed E-state index contributed by atoms with van der Waals surface area (Å²) in [6.45, 7) is 5.32. The second-order valence-electron chi connectivity index (χ2n) is 12.9. The molecular weight excluding hydrogens is 552 g/mol. The number of benzene rings is 2. The number of nitrogens with zero attached hydrogens (tertiary/aromatic N) is 3. The largest absolute Gasteiger partial charge is 0.496 e. The van der Waals surface area contributed by atoms with Crippen LogP contribution in [0.5, 0.6) is 5.75 Å². The zero-order chi connectivity index (χ0) is 31.1. The molecule has 8 heteroatoms. The van der Waals surface area contributed by atoms with E-state index in [9.17, 15) is 9.59 Å². The molecule has 0 bridgehead atoms. The minimum atomic E-state index is -0.872. The number of carbonyl (C=O) groups is 2. The molecule has 44 heavy (non-hydrogen) atoms. The third-order valence-electron chi connectivity index (χ3n) is 9.66. The molecule has 0 radical (unpaired) electrons. The number of aromatic nitrogens is 2. The quantitative estimate of drug-likeness (QED) is 0.233. The van der Waals surface area contributed by atoms with Crippen molar-refractivity contribution in [2.45, 2.75) is 83.6 Å². The second kappa shape index (κ2) is 14.9. The first kappa shape index (κ1) is 31.8. The van der Waals surface area contributed by atoms with Crippen LogP contribution >= 0.6 is 0 Å². The molecule has 2 aromatic carbocycles. The van der Waals surface area contributed by atoms with Crippen molar-refractivity contribution in [1.29, 1.82) is 0 Å². The molecule has 0 saturated heterocycles. The van der Waals surface area contributed by atoms with Gasteiger partial charge >= 0.3 is 5.97 Å². The first-order valence-corrected chi connectivity index (χ1v) is 16.4. The fourth-order valence-corrected chi connectivity index (χ4v) is 7.05. The van der Waals surface area contributed by atoms with E-state index in [2.05, 4.69) is 58.6 Å². The number of ether oxygens (including phenoxy) is 1. The predicted octanol–water partition coefficient (Wildman–Crippen LogP) is 6.99. The standard InChI is InChI=1S/C36H48N4O4/c1-25-18-31(16-17-34(25)44-3)28-14-12-27(13-15-28)23-39(36(43)29-8-5-4-6-9-29)33-11-7-10-30(19-33)32-21-38-40(24-32)26(2)20-37-22-35(41)42/h7,10-11,16-19,21,24,26-29,37H,4-6,8-9,12-15,20,22-23H2,1-3H3,(H,41,42). The molecule has 5 rings (SSSR count). The molecule has 2 aliphatic carbocycles. The molecule has 2 saturated carbocycles. The molecule has 2 N–H and O–H groups in total. The molecule has 3 aromatic rings. The molecule has 2 fully saturated rings. The molecule has 0 aliphatic heterocycles. The molecule has 236 valence electrons. The summed E-state index contributed by atoms with van der Waals surface area (Å²) in [5, 5.41) is 16.4. The van der Waals surface area contributed by atoms with E-state index >= 15 is 0 Å². The summed E-state index contributed by atoms with van der Waals surface area (Å²) < 4.78 is 7.34. The SMILES string of the molecule is COc1ccc(C2CCC(CN(C(=O)C3CCCCC3)c3cccc(-c4cnn(C(C)CNCC(=O)O)c4)c3)CC2)cc1C. The van der Waals surface area contributed by atoms with Crippen molar-refractivity contribution in [2.75, 3.05) is 31.6 Å². The number of hydrogen-bond acceptors (Lipinski definition) is 5. The first-order valence-electron chi connectivity index (χ1n) is 16.4. The lowest BCUT2D eigenvalue weighted by atomic mass is 9.78. The van der Waals surface area contributed by atoms with Crippen LogP contribution in [0, 0.1) is 18.8 Å². The van der Waals surface area contributed by atoms with Crippen molar-refractivity contribution in [2.24, 2.45) is 11.8 Å². The number of hydrogen-bond donors (Lipinski definition) is 2. The van der Waals surface area contributed by atoms with Gasteiger partial charge in [0, 0.05) is 36.5 Å². The normalized spacial score (nSPS) is 19.8. The Morgan fingerprint density at radius 3 is 2.52 bits per heavy atom. The minimum Gasteiger partial charge on any atom is -0.496 e. The average Bonchev–Trinajstić information content (AvgIpc) is 3.55. The molecule has 1 atom stereocenters. The highest BCUT2D eigenvalue weighted by Crippen LogP contribution is 2.39. The Bertz CT molecular complexity index is 1400. The van der Waals surface area contributed by atoms with Crippen molar-refractivity contribution in [3.05, 3.63) is 66.0 Å². The summed E-state index contributed by atoms with van der Waals surface area (Å²) >= 11 is 0. The Balaban J connectivity index is 1.30. The van der Waals surface area contributed by atoms with E-state index < -0.39 is 5.97 Å². The second-order valence-corrected chi connectivity index (χ2v) is 12.9. The Kier molecular flexibility index (Phi) is 10.7. The zero-order valence-electron chi connectivity index (χ0n) is 26.5. The van der Waals surface area contributed by atoms with Gasteiger partial charge in [0.1, 0.15) is 5.75 Å². The van der Waals surface area contributed by atoms with E-state index in [0.29, 0.717) is 18.4 Å². The number of amides is 1. The van der Waals surface area contributed by atoms with Crippen molar-refractivity contribution in [1.82, 2.24) is 15.1 Å². The van der Waals surface area contributed by atoms with E-state index in [1.54, 1.807) is 7.11 Å². The van der Waals surface area contributed by atoms with Crippen LogP contribution in [0.3, 0.4) is 0 Å². The van der Waals surface area contributed by atoms with Gasteiger partial charge in [0.15, 0.2) is 0 Å². The van der Waals surface area contributed by atoms with E-state index in [1.807, 2.05) is 30.1 Å². The average molecular weight is 601 g/mol. The number of methoxy groups -OCH3 is 1. The van der Waals surface area contributed by atoms with E-state index in [-0.39, 0.29) is 24.4 Å². The summed E-state index contributed by atoms with van der Waals surface area (Å²) in [6.07, 6.45) is 13.8. The lowest BCUT2D eigenvalue weighted by molar-refractivity contribution is -0.136. The van der Waals surface area contributed by atoms with Gasteiger partial charge in [-0.15, -0.1) is 0 Å². The van der Waals surface area contributed by atoms with E-state index in [0.717, 1.165) is 80.5 Å². The number of aliphatic carboxylic acids is 1. The Hall–Kier alpha value is -3.65. The summed E-state index contributed by atoms with van der Waals surface area (Å²) in [7, 11) is 1.72. The van der Waals surface area contributed by atoms with Crippen LogP contribution in [-0.2, 0) is 9.59 Å². The Morgan fingerprint density at radius 1 is 1.05 bits per heavy atom. The monoisotopic (exact) mass is 600 g/mol. The van der Waals surface area contributed by atoms with E-state index in [4.69, 9.17) is 9.84 Å². The lowest BCUT2D eigenvalue weighted by Crippen LogP contribution is -2.41. The van der Waals surface area contributed by atoms with Gasteiger partial charge in [-0.3, -0.25) is 14.3 Å². The van der Waals surface area contributed by atoms with Crippen LogP contribution < -0.4 is 15.0 Å². The van der Waals surface area contributed by atoms with Gasteiger partial charge in [-0.25, -0.2) is 0 Å². The van der Waals surface area contributed by atoms with Gasteiger partial charge in [-0.1, -0.05) is 43.5 Å². The van der Waals surface area contributed by atoms with Crippen LogP contribution in [0.1, 0.15) is 87.8 Å². The number of rotatable bonds is 12. The van der Waals surface area contributed by atoms with Gasteiger partial charge < -0.3 is 20.1 Å². The highest BCUT2D eigenvalue weighted by Gasteiger charge is 2.31. The fraction of sp³-hybridized carbons (Fsp3) is 0.528. The number of carbonyl (C=O) groups excluding carboxylic acids is 1. The maximum atomic E-state index is 14.1. The molecule has 1 unspecified atom stereocenters. The third kappa shape index (κ3) is 7.89.